The summed E-state index contributed by atoms with van der Waals surface area (Å²) in [7, 11) is 0. The van der Waals surface area contributed by atoms with E-state index in [9.17, 15) is 15.3 Å². The summed E-state index contributed by atoms with van der Waals surface area (Å²) in [6.45, 7) is 1.91. The average Bonchev–Trinajstić information content (AvgIpc) is 3.01. The van der Waals surface area contributed by atoms with E-state index < -0.39 is 5.56 Å². The Kier molecular flexibility index (Phi) is 3.87. The Labute approximate surface area is 141 Å². The highest BCUT2D eigenvalue weighted by Crippen LogP contribution is 2.31. The van der Waals surface area contributed by atoms with Crippen LogP contribution in [0.2, 0.25) is 0 Å². The number of H-pyrrole nitrogens is 1. The lowest BCUT2D eigenvalue weighted by atomic mass is 9.95. The molecule has 0 aliphatic rings. The largest absolute Gasteiger partial charge is 0.384 e. The summed E-state index contributed by atoms with van der Waals surface area (Å²) in [5.74, 6) is -0.0496. The van der Waals surface area contributed by atoms with Gasteiger partial charge < -0.3 is 10.7 Å². The molecular weight excluding hydrogens is 322 g/mol. The maximum atomic E-state index is 12.0. The number of nitrogens with one attached hydrogen (secondary N) is 1. The highest BCUT2D eigenvalue weighted by atomic mass is 32.1. The molecule has 6 nitrogen and oxygen atoms in total. The number of aromatic nitrogens is 2. The van der Waals surface area contributed by atoms with Crippen molar-refractivity contribution in [3.63, 3.8) is 0 Å². The summed E-state index contributed by atoms with van der Waals surface area (Å²) in [5.41, 5.74) is 7.54. The molecule has 0 amide bonds. The minimum atomic E-state index is -0.612. The predicted molar refractivity (Wildman–Crippen MR) is 92.2 cm³/mol. The van der Waals surface area contributed by atoms with E-state index in [0.717, 1.165) is 16.3 Å². The maximum absolute atomic E-state index is 12.0. The Hall–Kier alpha value is -3.42. The van der Waals surface area contributed by atoms with Gasteiger partial charge >= 0.3 is 0 Å². The third-order valence-corrected chi connectivity index (χ3v) is 4.31. The summed E-state index contributed by atoms with van der Waals surface area (Å²) in [6.07, 6.45) is 0. The second-order valence-corrected chi connectivity index (χ2v) is 6.11. The standard InChI is InChI=1S/C17H11N5OS/c1-9-21-14(8-24-9)10-3-2-4-11(5-10)15-12(6-18)16(20)22-17(23)13(15)7-19/h2-5,8H,1H3,(H3,20,22,23). The summed E-state index contributed by atoms with van der Waals surface area (Å²) < 4.78 is 0. The lowest BCUT2D eigenvalue weighted by Crippen LogP contribution is -2.16. The molecule has 3 N–H and O–H groups in total. The van der Waals surface area contributed by atoms with Gasteiger partial charge in [0.25, 0.3) is 5.56 Å². The Morgan fingerprint density at radius 2 is 1.92 bits per heavy atom. The van der Waals surface area contributed by atoms with Crippen LogP contribution in [0.25, 0.3) is 22.4 Å². The van der Waals surface area contributed by atoms with Crippen molar-refractivity contribution >= 4 is 17.2 Å². The summed E-state index contributed by atoms with van der Waals surface area (Å²) in [5, 5.41) is 21.6. The number of aromatic amines is 1. The second kappa shape index (κ2) is 5.99. The molecule has 0 aliphatic carbocycles. The Morgan fingerprint density at radius 3 is 2.54 bits per heavy atom. The number of hydrogen-bond acceptors (Lipinski definition) is 6. The van der Waals surface area contributed by atoms with Crippen molar-refractivity contribution < 1.29 is 0 Å². The average molecular weight is 333 g/mol. The number of nitriles is 2. The molecule has 7 heteroatoms. The number of nitrogens with two attached hydrogens (primary N) is 1. The first-order valence-electron chi connectivity index (χ1n) is 6.94. The van der Waals surface area contributed by atoms with Crippen LogP contribution in [0.3, 0.4) is 0 Å². The molecule has 1 aromatic carbocycles. The quantitative estimate of drug-likeness (QED) is 0.747. The van der Waals surface area contributed by atoms with E-state index in [0.29, 0.717) is 5.56 Å². The number of pyridine rings is 1. The van der Waals surface area contributed by atoms with Gasteiger partial charge in [0.05, 0.1) is 10.7 Å². The number of benzene rings is 1. The molecule has 3 rings (SSSR count). The van der Waals surface area contributed by atoms with Crippen LogP contribution >= 0.6 is 11.3 Å². The van der Waals surface area contributed by atoms with Gasteiger partial charge in [-0.25, -0.2) is 4.98 Å². The van der Waals surface area contributed by atoms with Crippen LogP contribution in [-0.2, 0) is 0 Å². The van der Waals surface area contributed by atoms with Crippen molar-refractivity contribution in [1.82, 2.24) is 9.97 Å². The van der Waals surface area contributed by atoms with Gasteiger partial charge in [0.2, 0.25) is 0 Å². The molecule has 0 aliphatic heterocycles. The second-order valence-electron chi connectivity index (χ2n) is 5.05. The smallest absolute Gasteiger partial charge is 0.268 e. The molecule has 0 spiro atoms. The van der Waals surface area contributed by atoms with Gasteiger partial charge in [-0.2, -0.15) is 10.5 Å². The molecule has 2 aromatic heterocycles. The van der Waals surface area contributed by atoms with Crippen LogP contribution in [0.15, 0.2) is 34.4 Å². The number of hydrogen-bond donors (Lipinski definition) is 2. The number of thiazole rings is 1. The molecule has 0 unspecified atom stereocenters. The molecule has 116 valence electrons. The van der Waals surface area contributed by atoms with Crippen LogP contribution in [-0.4, -0.2) is 9.97 Å². The fourth-order valence-corrected chi connectivity index (χ4v) is 3.08. The van der Waals surface area contributed by atoms with Crippen molar-refractivity contribution in [1.29, 1.82) is 10.5 Å². The third-order valence-electron chi connectivity index (χ3n) is 3.53. The molecular formula is C17H11N5OS. The zero-order chi connectivity index (χ0) is 17.3. The SMILES string of the molecule is Cc1nc(-c2cccc(-c3c(C#N)c(N)[nH]c(=O)c3C#N)c2)cs1. The van der Waals surface area contributed by atoms with Crippen LogP contribution in [0.1, 0.15) is 16.1 Å². The lowest BCUT2D eigenvalue weighted by Gasteiger charge is -2.09. The van der Waals surface area contributed by atoms with Gasteiger partial charge in [-0.1, -0.05) is 18.2 Å². The molecule has 0 bridgehead atoms. The minimum Gasteiger partial charge on any atom is -0.384 e. The minimum absolute atomic E-state index is 0.0496. The van der Waals surface area contributed by atoms with E-state index in [-0.39, 0.29) is 22.5 Å². The van der Waals surface area contributed by atoms with Gasteiger partial charge in [-0.05, 0) is 18.6 Å². The normalized spacial score (nSPS) is 10.1. The first-order chi connectivity index (χ1) is 11.5. The van der Waals surface area contributed by atoms with E-state index >= 15 is 0 Å². The van der Waals surface area contributed by atoms with Gasteiger partial charge in [0.15, 0.2) is 0 Å². The molecule has 3 aromatic rings. The Bertz CT molecular complexity index is 1080. The zero-order valence-corrected chi connectivity index (χ0v) is 13.4. The van der Waals surface area contributed by atoms with E-state index in [2.05, 4.69) is 9.97 Å². The number of aryl methyl sites for hydroxylation is 1. The monoisotopic (exact) mass is 333 g/mol. The van der Waals surface area contributed by atoms with Crippen molar-refractivity contribution in [3.05, 3.63) is 56.1 Å². The van der Waals surface area contributed by atoms with Crippen LogP contribution < -0.4 is 11.3 Å². The van der Waals surface area contributed by atoms with Crippen LogP contribution in [0.4, 0.5) is 5.82 Å². The molecule has 0 fully saturated rings. The van der Waals surface area contributed by atoms with Crippen molar-refractivity contribution in [2.24, 2.45) is 0 Å². The van der Waals surface area contributed by atoms with E-state index in [1.807, 2.05) is 30.5 Å². The maximum Gasteiger partial charge on any atom is 0.268 e. The van der Waals surface area contributed by atoms with E-state index in [1.165, 1.54) is 11.3 Å². The fourth-order valence-electron chi connectivity index (χ4n) is 2.46. The highest BCUT2D eigenvalue weighted by Gasteiger charge is 2.18. The molecule has 0 radical (unpaired) electrons. The first kappa shape index (κ1) is 15.5. The molecule has 24 heavy (non-hydrogen) atoms. The molecule has 0 atom stereocenters. The summed E-state index contributed by atoms with van der Waals surface area (Å²) in [4.78, 5) is 18.8. The summed E-state index contributed by atoms with van der Waals surface area (Å²) in [6, 6.07) is 11.0. The zero-order valence-electron chi connectivity index (χ0n) is 12.6. The fraction of sp³-hybridized carbons (Fsp3) is 0.0588. The van der Waals surface area contributed by atoms with Gasteiger partial charge in [0, 0.05) is 16.5 Å². The van der Waals surface area contributed by atoms with Crippen LogP contribution in [0, 0.1) is 29.6 Å². The summed E-state index contributed by atoms with van der Waals surface area (Å²) >= 11 is 1.53. The van der Waals surface area contributed by atoms with E-state index in [4.69, 9.17) is 5.73 Å². The van der Waals surface area contributed by atoms with Gasteiger partial charge in [-0.3, -0.25) is 4.79 Å². The lowest BCUT2D eigenvalue weighted by molar-refractivity contribution is 1.21. The predicted octanol–water partition coefficient (Wildman–Crippen LogP) is 2.80. The Balaban J connectivity index is 2.30. The molecule has 0 saturated carbocycles. The van der Waals surface area contributed by atoms with E-state index in [1.54, 1.807) is 18.2 Å². The van der Waals surface area contributed by atoms with Crippen molar-refractivity contribution in [3.8, 4) is 34.5 Å². The van der Waals surface area contributed by atoms with Crippen molar-refractivity contribution in [2.45, 2.75) is 6.92 Å². The third kappa shape index (κ3) is 2.54. The number of rotatable bonds is 2. The van der Waals surface area contributed by atoms with Gasteiger partial charge in [0.1, 0.15) is 29.1 Å². The van der Waals surface area contributed by atoms with Gasteiger partial charge in [-0.15, -0.1) is 11.3 Å². The topological polar surface area (TPSA) is 119 Å². The Morgan fingerprint density at radius 1 is 1.21 bits per heavy atom. The molecule has 2 heterocycles. The van der Waals surface area contributed by atoms with Crippen molar-refractivity contribution in [2.75, 3.05) is 5.73 Å². The highest BCUT2D eigenvalue weighted by molar-refractivity contribution is 7.09. The number of nitrogen functional groups attached to an aromatic ring is 1. The molecule has 0 saturated heterocycles. The van der Waals surface area contributed by atoms with Crippen LogP contribution in [0.5, 0.6) is 0 Å². The number of anilines is 1. The first-order valence-corrected chi connectivity index (χ1v) is 7.82. The number of nitrogens with zero attached hydrogens (tertiary/aromatic N) is 3.